The first kappa shape index (κ1) is 39.1. The van der Waals surface area contributed by atoms with Crippen LogP contribution in [0.3, 0.4) is 0 Å². The number of primary amides is 1. The number of fused-ring (bicyclic) bond motifs is 2. The van der Waals surface area contributed by atoms with Crippen LogP contribution >= 0.6 is 0 Å². The van der Waals surface area contributed by atoms with Crippen LogP contribution in [-0.4, -0.2) is 99.4 Å². The molecule has 2 aliphatic rings. The third-order valence-electron chi connectivity index (χ3n) is 8.58. The monoisotopic (exact) mass is 682 g/mol. The SMILES string of the molecule is CO[C@H]1C[C@H](C)CC2=C(NCCN(C)C)C(=O)C(c3ccco3)=C(NC(=O)/C(C)=C/C=C\[C@@H](OC)[C@@H](OC(N)=O)/C(C)=C/[C@H](C)[C@H]1O)C2=O. The number of carbonyl (C=O) groups is 4. The van der Waals surface area contributed by atoms with Crippen molar-refractivity contribution in [3.8, 4) is 0 Å². The summed E-state index contributed by atoms with van der Waals surface area (Å²) in [4.78, 5) is 55.9. The number of hydrogen-bond acceptors (Lipinski definition) is 11. The minimum absolute atomic E-state index is 0.0622. The minimum atomic E-state index is -1.01. The molecule has 0 fully saturated rings. The van der Waals surface area contributed by atoms with Crippen molar-refractivity contribution in [2.75, 3.05) is 41.4 Å². The molecule has 2 bridgehead atoms. The molecule has 268 valence electrons. The van der Waals surface area contributed by atoms with Gasteiger partial charge in [-0.2, -0.15) is 0 Å². The predicted octanol–water partition coefficient (Wildman–Crippen LogP) is 3.03. The summed E-state index contributed by atoms with van der Waals surface area (Å²) in [6, 6.07) is 3.15. The van der Waals surface area contributed by atoms with E-state index in [2.05, 4.69) is 10.6 Å². The Bertz CT molecular complexity index is 1520. The lowest BCUT2D eigenvalue weighted by Gasteiger charge is -2.30. The van der Waals surface area contributed by atoms with Crippen LogP contribution in [0.2, 0.25) is 0 Å². The van der Waals surface area contributed by atoms with Gasteiger partial charge in [0, 0.05) is 44.4 Å². The average Bonchev–Trinajstić information content (AvgIpc) is 3.58. The highest BCUT2D eigenvalue weighted by Crippen LogP contribution is 2.34. The number of nitrogens with zero attached hydrogens (tertiary/aromatic N) is 1. The highest BCUT2D eigenvalue weighted by atomic mass is 16.6. The number of methoxy groups -OCH3 is 2. The van der Waals surface area contributed by atoms with Crippen molar-refractivity contribution in [2.24, 2.45) is 17.6 Å². The molecule has 2 amide bonds. The van der Waals surface area contributed by atoms with Crippen molar-refractivity contribution in [1.29, 1.82) is 0 Å². The fraction of sp³-hybridized carbons (Fsp3) is 0.500. The molecule has 5 N–H and O–H groups in total. The van der Waals surface area contributed by atoms with Gasteiger partial charge in [-0.3, -0.25) is 14.4 Å². The second kappa shape index (κ2) is 17.9. The minimum Gasteiger partial charge on any atom is -0.464 e. The van der Waals surface area contributed by atoms with Crippen molar-refractivity contribution in [3.63, 3.8) is 0 Å². The fourth-order valence-corrected chi connectivity index (χ4v) is 5.91. The molecule has 0 spiro atoms. The van der Waals surface area contributed by atoms with Crippen LogP contribution in [0.25, 0.3) is 5.57 Å². The van der Waals surface area contributed by atoms with Gasteiger partial charge in [0.15, 0.2) is 6.10 Å². The Hall–Kier alpha value is -4.30. The molecule has 3 rings (SSSR count). The zero-order valence-corrected chi connectivity index (χ0v) is 29.6. The predicted molar refractivity (Wildman–Crippen MR) is 184 cm³/mol. The summed E-state index contributed by atoms with van der Waals surface area (Å²) in [5.41, 5.74) is 6.28. The summed E-state index contributed by atoms with van der Waals surface area (Å²) in [5, 5.41) is 17.3. The Kier molecular flexibility index (Phi) is 14.3. The summed E-state index contributed by atoms with van der Waals surface area (Å²) < 4.78 is 22.3. The largest absolute Gasteiger partial charge is 0.464 e. The highest BCUT2D eigenvalue weighted by Gasteiger charge is 2.39. The number of aliphatic hydroxyl groups is 1. The molecule has 0 saturated carbocycles. The molecule has 13 nitrogen and oxygen atoms in total. The molecule has 0 aromatic carbocycles. The Balaban J connectivity index is 2.20. The zero-order valence-electron chi connectivity index (χ0n) is 29.6. The molecule has 49 heavy (non-hydrogen) atoms. The van der Waals surface area contributed by atoms with Gasteiger partial charge in [-0.15, -0.1) is 0 Å². The number of Topliss-reactive ketones (excluding diaryl/α,β-unsaturated/α-hetero) is 2. The molecule has 2 heterocycles. The van der Waals surface area contributed by atoms with Gasteiger partial charge in [0.25, 0.3) is 5.91 Å². The van der Waals surface area contributed by atoms with Crippen LogP contribution in [-0.2, 0) is 28.6 Å². The summed E-state index contributed by atoms with van der Waals surface area (Å²) in [5.74, 6) is -2.21. The molecule has 1 aliphatic carbocycles. The molecule has 0 saturated heterocycles. The molecular weight excluding hydrogens is 632 g/mol. The maximum Gasteiger partial charge on any atom is 0.405 e. The van der Waals surface area contributed by atoms with E-state index >= 15 is 0 Å². The van der Waals surface area contributed by atoms with Gasteiger partial charge in [-0.05, 0) is 64.4 Å². The van der Waals surface area contributed by atoms with Crippen molar-refractivity contribution >= 4 is 29.1 Å². The quantitative estimate of drug-likeness (QED) is 0.234. The van der Waals surface area contributed by atoms with Crippen LogP contribution in [0.1, 0.15) is 46.3 Å². The van der Waals surface area contributed by atoms with Crippen LogP contribution < -0.4 is 16.4 Å². The first-order chi connectivity index (χ1) is 23.2. The molecule has 1 aromatic rings. The van der Waals surface area contributed by atoms with Gasteiger partial charge >= 0.3 is 6.09 Å². The van der Waals surface area contributed by atoms with Crippen molar-refractivity contribution < 1.29 is 42.9 Å². The van der Waals surface area contributed by atoms with Gasteiger partial charge in [0.05, 0.1) is 29.7 Å². The van der Waals surface area contributed by atoms with Gasteiger partial charge in [-0.1, -0.05) is 38.2 Å². The molecule has 13 heteroatoms. The van der Waals surface area contributed by atoms with Crippen molar-refractivity contribution in [2.45, 2.75) is 65.0 Å². The number of aliphatic hydroxyl groups excluding tert-OH is 1. The Morgan fingerprint density at radius 1 is 1.14 bits per heavy atom. The number of likely N-dealkylation sites (N-methyl/N-ethyl adjacent to an activating group) is 1. The first-order valence-electron chi connectivity index (χ1n) is 16.2. The number of rotatable bonds is 8. The topological polar surface area (TPSA) is 183 Å². The normalized spacial score (nSPS) is 29.2. The summed E-state index contributed by atoms with van der Waals surface area (Å²) >= 11 is 0. The summed E-state index contributed by atoms with van der Waals surface area (Å²) in [6.45, 7) is 7.97. The van der Waals surface area contributed by atoms with Gasteiger partial charge in [0.2, 0.25) is 11.6 Å². The van der Waals surface area contributed by atoms with E-state index in [0.29, 0.717) is 25.1 Å². The maximum atomic E-state index is 14.4. The summed E-state index contributed by atoms with van der Waals surface area (Å²) in [6.07, 6.45) is 3.87. The Labute approximate surface area is 287 Å². The lowest BCUT2D eigenvalue weighted by Crippen LogP contribution is -2.40. The van der Waals surface area contributed by atoms with Crippen LogP contribution in [0.15, 0.2) is 75.2 Å². The van der Waals surface area contributed by atoms with E-state index in [1.54, 1.807) is 44.2 Å². The van der Waals surface area contributed by atoms with E-state index in [9.17, 15) is 24.3 Å². The van der Waals surface area contributed by atoms with E-state index in [-0.39, 0.29) is 46.2 Å². The number of ketones is 2. The standard InChI is InChI=1S/C36H50N4O9/c1-20-17-24-29(38-14-15-40(5)6)33(43)28(25-13-10-16-48-25)30(32(24)42)39-35(44)21(2)11-9-12-26(46-7)34(49-36(37)45)23(4)19-22(3)31(41)27(18-20)47-8/h9-13,16,19-20,22,26-27,31,34,38,41H,14-15,17-18H2,1-8H3,(H2,37,45)(H,39,44)/b12-9-,21-11+,23-19+/t20-,22+,26-,27+,31-,34+/m1/s1. The summed E-state index contributed by atoms with van der Waals surface area (Å²) in [7, 11) is 6.72. The van der Waals surface area contributed by atoms with Gasteiger partial charge in [-0.25, -0.2) is 4.79 Å². The van der Waals surface area contributed by atoms with Crippen LogP contribution in [0.4, 0.5) is 4.79 Å². The molecule has 0 radical (unpaired) electrons. The number of nitrogens with one attached hydrogen (secondary N) is 2. The second-order valence-corrected chi connectivity index (χ2v) is 12.8. The second-order valence-electron chi connectivity index (χ2n) is 12.8. The number of allylic oxidation sites excluding steroid dienone is 4. The zero-order chi connectivity index (χ0) is 36.4. The number of amides is 2. The molecule has 1 aliphatic heterocycles. The van der Waals surface area contributed by atoms with Crippen LogP contribution in [0.5, 0.6) is 0 Å². The van der Waals surface area contributed by atoms with Crippen molar-refractivity contribution in [3.05, 3.63) is 76.6 Å². The van der Waals surface area contributed by atoms with E-state index < -0.39 is 53.9 Å². The average molecular weight is 683 g/mol. The lowest BCUT2D eigenvalue weighted by molar-refractivity contribution is -0.120. The third-order valence-corrected chi connectivity index (χ3v) is 8.58. The van der Waals surface area contributed by atoms with E-state index in [0.717, 1.165) is 0 Å². The number of furan rings is 1. The first-order valence-corrected chi connectivity index (χ1v) is 16.2. The fourth-order valence-electron chi connectivity index (χ4n) is 5.91. The van der Waals surface area contributed by atoms with E-state index in [1.807, 2.05) is 32.8 Å². The van der Waals surface area contributed by atoms with Crippen LogP contribution in [0, 0.1) is 11.8 Å². The number of ether oxygens (including phenoxy) is 3. The van der Waals surface area contributed by atoms with E-state index in [4.69, 9.17) is 24.4 Å². The van der Waals surface area contributed by atoms with Crippen molar-refractivity contribution in [1.82, 2.24) is 15.5 Å². The van der Waals surface area contributed by atoms with Gasteiger partial charge < -0.3 is 45.0 Å². The maximum absolute atomic E-state index is 14.4. The molecule has 6 atom stereocenters. The smallest absolute Gasteiger partial charge is 0.405 e. The van der Waals surface area contributed by atoms with Gasteiger partial charge in [0.1, 0.15) is 17.6 Å². The Morgan fingerprint density at radius 3 is 2.45 bits per heavy atom. The lowest BCUT2D eigenvalue weighted by atomic mass is 9.82. The number of nitrogens with two attached hydrogens (primary N) is 1. The Morgan fingerprint density at radius 2 is 1.86 bits per heavy atom. The number of hydrogen-bond donors (Lipinski definition) is 4. The third kappa shape index (κ3) is 10.1. The molecule has 1 aromatic heterocycles. The molecular formula is C36H50N4O9. The molecule has 0 unspecified atom stereocenters. The number of carbonyl (C=O) groups excluding carboxylic acids is 4. The van der Waals surface area contributed by atoms with E-state index in [1.165, 1.54) is 26.6 Å². The highest BCUT2D eigenvalue weighted by molar-refractivity contribution is 6.39.